The Balaban J connectivity index is 3.29. The third kappa shape index (κ3) is 7.44. The van der Waals surface area contributed by atoms with Crippen LogP contribution in [-0.4, -0.2) is 13.6 Å². The molecule has 0 saturated heterocycles. The average Bonchev–Trinajstić information content (AvgIpc) is 1.87. The van der Waals surface area contributed by atoms with Crippen LogP contribution >= 0.6 is 0 Å². The highest BCUT2D eigenvalue weighted by Gasteiger charge is 1.74. The van der Waals surface area contributed by atoms with E-state index in [-0.39, 0.29) is 0 Å². The van der Waals surface area contributed by atoms with Gasteiger partial charge in [-0.1, -0.05) is 23.8 Å². The van der Waals surface area contributed by atoms with Crippen molar-refractivity contribution in [2.45, 2.75) is 20.3 Å². The van der Waals surface area contributed by atoms with Crippen molar-refractivity contribution in [1.29, 1.82) is 0 Å². The highest BCUT2D eigenvalue weighted by Crippen LogP contribution is 1.89. The minimum atomic E-state index is 1.06. The molecule has 0 aromatic rings. The van der Waals surface area contributed by atoms with Gasteiger partial charge < -0.3 is 5.32 Å². The normalized spacial score (nSPS) is 10.3. The number of rotatable bonds is 4. The Hall–Kier alpha value is -0.560. The Kier molecular flexibility index (Phi) is 6.19. The molecule has 0 rings (SSSR count). The summed E-state index contributed by atoms with van der Waals surface area (Å²) in [5.41, 5.74) is 1.35. The largest absolute Gasteiger partial charge is 0.319 e. The molecule has 0 radical (unpaired) electrons. The standard InChI is InChI=1S/C9H17N/c1-9(2)7-5-4-6-8-10-3/h4-5,7,10H,6,8H2,1-3H3. The summed E-state index contributed by atoms with van der Waals surface area (Å²) in [7, 11) is 1.97. The van der Waals surface area contributed by atoms with Gasteiger partial charge in [-0.15, -0.1) is 0 Å². The minimum Gasteiger partial charge on any atom is -0.319 e. The molecule has 0 heterocycles. The van der Waals surface area contributed by atoms with Crippen molar-refractivity contribution >= 4 is 0 Å². The third-order valence-corrected chi connectivity index (χ3v) is 1.13. The predicted molar refractivity (Wildman–Crippen MR) is 47.1 cm³/mol. The lowest BCUT2D eigenvalue weighted by Crippen LogP contribution is -2.05. The van der Waals surface area contributed by atoms with E-state index in [2.05, 4.69) is 37.4 Å². The van der Waals surface area contributed by atoms with Crippen molar-refractivity contribution in [3.8, 4) is 0 Å². The quantitative estimate of drug-likeness (QED) is 0.464. The molecule has 10 heavy (non-hydrogen) atoms. The summed E-state index contributed by atoms with van der Waals surface area (Å²) < 4.78 is 0. The van der Waals surface area contributed by atoms with E-state index in [0.717, 1.165) is 13.0 Å². The zero-order chi connectivity index (χ0) is 7.82. The van der Waals surface area contributed by atoms with Gasteiger partial charge in [0.15, 0.2) is 0 Å². The van der Waals surface area contributed by atoms with Gasteiger partial charge in [0, 0.05) is 0 Å². The van der Waals surface area contributed by atoms with Gasteiger partial charge in [0.2, 0.25) is 0 Å². The smallest absolute Gasteiger partial charge is 0.00172 e. The molecule has 1 nitrogen and oxygen atoms in total. The van der Waals surface area contributed by atoms with E-state index < -0.39 is 0 Å². The lowest BCUT2D eigenvalue weighted by molar-refractivity contribution is 0.808. The maximum atomic E-state index is 3.08. The van der Waals surface area contributed by atoms with E-state index in [4.69, 9.17) is 0 Å². The van der Waals surface area contributed by atoms with E-state index in [9.17, 15) is 0 Å². The number of hydrogen-bond acceptors (Lipinski definition) is 1. The second-order valence-electron chi connectivity index (χ2n) is 2.56. The maximum absolute atomic E-state index is 3.08. The Morgan fingerprint density at radius 3 is 2.60 bits per heavy atom. The lowest BCUT2D eigenvalue weighted by Gasteiger charge is -1.89. The van der Waals surface area contributed by atoms with E-state index in [1.165, 1.54) is 5.57 Å². The van der Waals surface area contributed by atoms with Crippen LogP contribution in [0.2, 0.25) is 0 Å². The second kappa shape index (κ2) is 6.56. The molecule has 1 heteroatoms. The van der Waals surface area contributed by atoms with Gasteiger partial charge in [-0.05, 0) is 33.9 Å². The van der Waals surface area contributed by atoms with Gasteiger partial charge in [0.25, 0.3) is 0 Å². The fourth-order valence-corrected chi connectivity index (χ4v) is 0.584. The van der Waals surface area contributed by atoms with Gasteiger partial charge in [-0.25, -0.2) is 0 Å². The van der Waals surface area contributed by atoms with E-state index in [1.54, 1.807) is 0 Å². The van der Waals surface area contributed by atoms with Crippen LogP contribution < -0.4 is 5.32 Å². The van der Waals surface area contributed by atoms with Crippen LogP contribution in [0.15, 0.2) is 23.8 Å². The molecule has 0 aromatic heterocycles. The van der Waals surface area contributed by atoms with E-state index in [1.807, 2.05) is 7.05 Å². The van der Waals surface area contributed by atoms with Crippen molar-refractivity contribution < 1.29 is 0 Å². The zero-order valence-corrected chi connectivity index (χ0v) is 7.15. The third-order valence-electron chi connectivity index (χ3n) is 1.13. The van der Waals surface area contributed by atoms with Crippen LogP contribution in [0, 0.1) is 0 Å². The number of hydrogen-bond donors (Lipinski definition) is 1. The summed E-state index contributed by atoms with van der Waals surface area (Å²) in [5, 5.41) is 3.08. The first-order chi connectivity index (χ1) is 4.77. The molecule has 0 aliphatic carbocycles. The molecule has 1 N–H and O–H groups in total. The molecule has 0 amide bonds. The molecule has 0 unspecified atom stereocenters. The predicted octanol–water partition coefficient (Wildman–Crippen LogP) is 2.12. The van der Waals surface area contributed by atoms with Crippen LogP contribution in [0.1, 0.15) is 20.3 Å². The summed E-state index contributed by atoms with van der Waals surface area (Å²) in [4.78, 5) is 0. The van der Waals surface area contributed by atoms with E-state index >= 15 is 0 Å². The van der Waals surface area contributed by atoms with Crippen LogP contribution in [0.4, 0.5) is 0 Å². The summed E-state index contributed by atoms with van der Waals surface area (Å²) in [6, 6.07) is 0. The maximum Gasteiger partial charge on any atom is -0.00172 e. The first kappa shape index (κ1) is 9.44. The first-order valence-corrected chi connectivity index (χ1v) is 3.72. The Morgan fingerprint density at radius 1 is 1.40 bits per heavy atom. The molecule has 0 bridgehead atoms. The Morgan fingerprint density at radius 2 is 2.10 bits per heavy atom. The molecule has 0 atom stereocenters. The summed E-state index contributed by atoms with van der Waals surface area (Å²) >= 11 is 0. The van der Waals surface area contributed by atoms with Crippen molar-refractivity contribution in [2.24, 2.45) is 0 Å². The van der Waals surface area contributed by atoms with E-state index in [0.29, 0.717) is 0 Å². The average molecular weight is 139 g/mol. The molecular formula is C9H17N. The lowest BCUT2D eigenvalue weighted by atomic mass is 10.3. The first-order valence-electron chi connectivity index (χ1n) is 3.72. The molecule has 0 aromatic carbocycles. The highest BCUT2D eigenvalue weighted by atomic mass is 14.8. The van der Waals surface area contributed by atoms with Gasteiger partial charge in [0.05, 0.1) is 0 Å². The van der Waals surface area contributed by atoms with Gasteiger partial charge >= 0.3 is 0 Å². The number of nitrogens with one attached hydrogen (secondary N) is 1. The van der Waals surface area contributed by atoms with Crippen LogP contribution in [-0.2, 0) is 0 Å². The fraction of sp³-hybridized carbons (Fsp3) is 0.556. The fourth-order valence-electron chi connectivity index (χ4n) is 0.584. The van der Waals surface area contributed by atoms with Crippen molar-refractivity contribution in [2.75, 3.05) is 13.6 Å². The summed E-state index contributed by atoms with van der Waals surface area (Å²) in [5.74, 6) is 0. The summed E-state index contributed by atoms with van der Waals surface area (Å²) in [6.45, 7) is 5.26. The molecule has 0 spiro atoms. The highest BCUT2D eigenvalue weighted by molar-refractivity contribution is 5.07. The number of allylic oxidation sites excluding steroid dienone is 3. The molecule has 58 valence electrons. The molecule has 0 fully saturated rings. The SMILES string of the molecule is CNCCC=CC=C(C)C. The van der Waals surface area contributed by atoms with Gasteiger partial charge in [0.1, 0.15) is 0 Å². The summed E-state index contributed by atoms with van der Waals surface area (Å²) in [6.07, 6.45) is 7.51. The molecule has 0 saturated carbocycles. The molecule has 0 aliphatic heterocycles. The Labute approximate surface area is 63.8 Å². The molecular weight excluding hydrogens is 122 g/mol. The van der Waals surface area contributed by atoms with Crippen molar-refractivity contribution in [3.05, 3.63) is 23.8 Å². The Bertz CT molecular complexity index is 119. The van der Waals surface area contributed by atoms with Gasteiger partial charge in [-0.2, -0.15) is 0 Å². The topological polar surface area (TPSA) is 12.0 Å². The van der Waals surface area contributed by atoms with Gasteiger partial charge in [-0.3, -0.25) is 0 Å². The van der Waals surface area contributed by atoms with Crippen LogP contribution in [0.5, 0.6) is 0 Å². The van der Waals surface area contributed by atoms with Crippen molar-refractivity contribution in [1.82, 2.24) is 5.32 Å². The zero-order valence-electron chi connectivity index (χ0n) is 7.15. The van der Waals surface area contributed by atoms with Crippen LogP contribution in [0.3, 0.4) is 0 Å². The van der Waals surface area contributed by atoms with Crippen molar-refractivity contribution in [3.63, 3.8) is 0 Å². The second-order valence-corrected chi connectivity index (χ2v) is 2.56. The van der Waals surface area contributed by atoms with Crippen LogP contribution in [0.25, 0.3) is 0 Å². The monoisotopic (exact) mass is 139 g/mol. The molecule has 0 aliphatic rings. The minimum absolute atomic E-state index is 1.06.